The second kappa shape index (κ2) is 3.90. The Labute approximate surface area is 122 Å². The zero-order chi connectivity index (χ0) is 14.2. The van der Waals surface area contributed by atoms with Crippen molar-refractivity contribution in [3.05, 3.63) is 12.2 Å². The van der Waals surface area contributed by atoms with Crippen LogP contribution < -0.4 is 0 Å². The second-order valence-corrected chi connectivity index (χ2v) is 8.57. The summed E-state index contributed by atoms with van der Waals surface area (Å²) in [6, 6.07) is 0. The minimum absolute atomic E-state index is 0.179. The van der Waals surface area contributed by atoms with Crippen LogP contribution in [0.5, 0.6) is 0 Å². The van der Waals surface area contributed by atoms with Gasteiger partial charge in [-0.05, 0) is 73.5 Å². The molecular formula is C18H26O2. The molecule has 0 heterocycles. The first-order valence-corrected chi connectivity index (χ1v) is 8.25. The highest BCUT2D eigenvalue weighted by atomic mass is 16.5. The number of fused-ring (bicyclic) bond motifs is 9. The molecule has 4 aliphatic rings. The van der Waals surface area contributed by atoms with Crippen LogP contribution in [0.2, 0.25) is 0 Å². The molecule has 4 fully saturated rings. The number of hydrogen-bond acceptors (Lipinski definition) is 2. The molecule has 0 aromatic rings. The average Bonchev–Trinajstić information content (AvgIpc) is 3.03. The molecule has 4 rings (SSSR count). The predicted octanol–water partition coefficient (Wildman–Crippen LogP) is 3.81. The molecule has 110 valence electrons. The minimum Gasteiger partial charge on any atom is -0.459 e. The molecule has 4 aliphatic carbocycles. The van der Waals surface area contributed by atoms with Gasteiger partial charge in [0, 0.05) is 5.57 Å². The molecule has 0 aromatic heterocycles. The van der Waals surface area contributed by atoms with Crippen molar-refractivity contribution in [2.75, 3.05) is 0 Å². The van der Waals surface area contributed by atoms with E-state index in [1.165, 1.54) is 19.3 Å². The van der Waals surface area contributed by atoms with Crippen molar-refractivity contribution in [1.82, 2.24) is 0 Å². The molecule has 0 aliphatic heterocycles. The van der Waals surface area contributed by atoms with E-state index in [9.17, 15) is 4.79 Å². The normalized spacial score (nSPS) is 50.2. The lowest BCUT2D eigenvalue weighted by molar-refractivity contribution is -0.149. The highest BCUT2D eigenvalue weighted by Gasteiger charge is 2.67. The quantitative estimate of drug-likeness (QED) is 0.435. The Kier molecular flexibility index (Phi) is 2.52. The summed E-state index contributed by atoms with van der Waals surface area (Å²) in [5, 5.41) is 0. The predicted molar refractivity (Wildman–Crippen MR) is 77.9 cm³/mol. The van der Waals surface area contributed by atoms with E-state index in [-0.39, 0.29) is 12.1 Å². The smallest absolute Gasteiger partial charge is 0.333 e. The Morgan fingerprint density at radius 1 is 1.15 bits per heavy atom. The van der Waals surface area contributed by atoms with Crippen molar-refractivity contribution in [2.24, 2.45) is 40.9 Å². The van der Waals surface area contributed by atoms with Gasteiger partial charge in [-0.15, -0.1) is 0 Å². The topological polar surface area (TPSA) is 26.3 Å². The van der Waals surface area contributed by atoms with Gasteiger partial charge in [-0.2, -0.15) is 0 Å². The van der Waals surface area contributed by atoms with Crippen molar-refractivity contribution in [3.8, 4) is 0 Å². The van der Waals surface area contributed by atoms with E-state index in [4.69, 9.17) is 4.74 Å². The molecule has 7 atom stereocenters. The molecular weight excluding hydrogens is 248 g/mol. The van der Waals surface area contributed by atoms with E-state index in [1.807, 2.05) is 0 Å². The Morgan fingerprint density at radius 2 is 1.90 bits per heavy atom. The second-order valence-electron chi connectivity index (χ2n) is 8.57. The van der Waals surface area contributed by atoms with E-state index in [2.05, 4.69) is 20.4 Å². The fourth-order valence-electron chi connectivity index (χ4n) is 6.56. The maximum absolute atomic E-state index is 11.8. The molecule has 2 heteroatoms. The Balaban J connectivity index is 1.55. The van der Waals surface area contributed by atoms with Gasteiger partial charge in [-0.1, -0.05) is 20.4 Å². The third-order valence-electron chi connectivity index (χ3n) is 7.04. The summed E-state index contributed by atoms with van der Waals surface area (Å²) in [7, 11) is 0. The fraction of sp³-hybridized carbons (Fsp3) is 0.833. The molecule has 7 unspecified atom stereocenters. The zero-order valence-corrected chi connectivity index (χ0v) is 12.9. The van der Waals surface area contributed by atoms with Gasteiger partial charge >= 0.3 is 5.97 Å². The standard InChI is InChI=1S/C18H26O2/c1-9(2)17(19)20-14-7-10-5-12(14)16-13-6-11(15(10)16)8-18(13,3)4/h10-16H,1,5-8H2,2-4H3. The maximum atomic E-state index is 11.8. The summed E-state index contributed by atoms with van der Waals surface area (Å²) in [6.45, 7) is 10.4. The number of ether oxygens (including phenoxy) is 1. The molecule has 0 N–H and O–H groups in total. The monoisotopic (exact) mass is 274 g/mol. The van der Waals surface area contributed by atoms with Crippen LogP contribution in [0.3, 0.4) is 0 Å². The van der Waals surface area contributed by atoms with Gasteiger partial charge in [0.25, 0.3) is 0 Å². The van der Waals surface area contributed by atoms with Gasteiger partial charge in [0.1, 0.15) is 6.10 Å². The van der Waals surface area contributed by atoms with Gasteiger partial charge in [0.15, 0.2) is 0 Å². The summed E-state index contributed by atoms with van der Waals surface area (Å²) in [5.74, 6) is 4.93. The van der Waals surface area contributed by atoms with Crippen LogP contribution in [0, 0.1) is 40.9 Å². The van der Waals surface area contributed by atoms with Crippen LogP contribution in [0.15, 0.2) is 12.2 Å². The highest BCUT2D eigenvalue weighted by molar-refractivity contribution is 5.87. The van der Waals surface area contributed by atoms with Crippen LogP contribution >= 0.6 is 0 Å². The van der Waals surface area contributed by atoms with Crippen molar-refractivity contribution < 1.29 is 9.53 Å². The summed E-state index contributed by atoms with van der Waals surface area (Å²) >= 11 is 0. The molecule has 4 bridgehead atoms. The summed E-state index contributed by atoms with van der Waals surface area (Å²) in [4.78, 5) is 11.8. The van der Waals surface area contributed by atoms with E-state index < -0.39 is 0 Å². The van der Waals surface area contributed by atoms with Crippen molar-refractivity contribution in [3.63, 3.8) is 0 Å². The lowest BCUT2D eigenvalue weighted by Gasteiger charge is -2.44. The van der Waals surface area contributed by atoms with E-state index in [0.29, 0.717) is 16.9 Å². The first-order chi connectivity index (χ1) is 9.38. The van der Waals surface area contributed by atoms with Gasteiger partial charge in [0.2, 0.25) is 0 Å². The van der Waals surface area contributed by atoms with Crippen LogP contribution in [-0.4, -0.2) is 12.1 Å². The molecule has 20 heavy (non-hydrogen) atoms. The van der Waals surface area contributed by atoms with Gasteiger partial charge in [-0.3, -0.25) is 0 Å². The fourth-order valence-corrected chi connectivity index (χ4v) is 6.56. The van der Waals surface area contributed by atoms with Crippen molar-refractivity contribution in [1.29, 1.82) is 0 Å². The SMILES string of the molecule is C=C(C)C(=O)OC1CC2CC1C1C2C2CC1C(C)(C)C2. The Bertz CT molecular complexity index is 478. The molecule has 2 nitrogen and oxygen atoms in total. The van der Waals surface area contributed by atoms with Crippen molar-refractivity contribution >= 4 is 5.97 Å². The number of carbonyl (C=O) groups excluding carboxylic acids is 1. The summed E-state index contributed by atoms with van der Waals surface area (Å²) < 4.78 is 5.75. The largest absolute Gasteiger partial charge is 0.459 e. The Hall–Kier alpha value is -0.790. The van der Waals surface area contributed by atoms with E-state index >= 15 is 0 Å². The highest BCUT2D eigenvalue weighted by Crippen LogP contribution is 2.71. The van der Waals surface area contributed by atoms with Crippen LogP contribution in [-0.2, 0) is 9.53 Å². The number of esters is 1. The molecule has 0 saturated heterocycles. The third-order valence-corrected chi connectivity index (χ3v) is 7.04. The number of hydrogen-bond donors (Lipinski definition) is 0. The first kappa shape index (κ1) is 12.9. The molecule has 4 saturated carbocycles. The van der Waals surface area contributed by atoms with Gasteiger partial charge in [0.05, 0.1) is 0 Å². The van der Waals surface area contributed by atoms with Crippen LogP contribution in [0.25, 0.3) is 0 Å². The third kappa shape index (κ3) is 1.54. The van der Waals surface area contributed by atoms with Crippen LogP contribution in [0.4, 0.5) is 0 Å². The molecule has 0 radical (unpaired) electrons. The maximum Gasteiger partial charge on any atom is 0.333 e. The summed E-state index contributed by atoms with van der Waals surface area (Å²) in [6.07, 6.45) is 5.48. The van der Waals surface area contributed by atoms with E-state index in [1.54, 1.807) is 6.92 Å². The number of carbonyl (C=O) groups is 1. The summed E-state index contributed by atoms with van der Waals surface area (Å²) in [5.41, 5.74) is 1.05. The lowest BCUT2D eigenvalue weighted by Crippen LogP contribution is -2.42. The lowest BCUT2D eigenvalue weighted by atomic mass is 9.62. The first-order valence-electron chi connectivity index (χ1n) is 8.25. The molecule has 0 spiro atoms. The van der Waals surface area contributed by atoms with E-state index in [0.717, 1.165) is 36.0 Å². The number of rotatable bonds is 2. The van der Waals surface area contributed by atoms with Crippen LogP contribution in [0.1, 0.15) is 46.5 Å². The minimum atomic E-state index is -0.179. The molecule has 0 aromatic carbocycles. The molecule has 0 amide bonds. The zero-order valence-electron chi connectivity index (χ0n) is 12.9. The van der Waals surface area contributed by atoms with Gasteiger partial charge < -0.3 is 4.74 Å². The van der Waals surface area contributed by atoms with Crippen molar-refractivity contribution in [2.45, 2.75) is 52.6 Å². The Morgan fingerprint density at radius 3 is 2.60 bits per heavy atom. The van der Waals surface area contributed by atoms with Gasteiger partial charge in [-0.25, -0.2) is 4.79 Å². The average molecular weight is 274 g/mol.